The molecule has 4 rings (SSSR count). The van der Waals surface area contributed by atoms with E-state index in [0.29, 0.717) is 5.56 Å². The minimum Gasteiger partial charge on any atom is -0.497 e. The normalized spacial score (nSPS) is 10.8. The molecule has 0 aliphatic rings. The van der Waals surface area contributed by atoms with E-state index in [1.54, 1.807) is 19.2 Å². The molecule has 0 spiro atoms. The Morgan fingerprint density at radius 2 is 1.37 bits per heavy atom. The number of hydrogen-bond acceptors (Lipinski definition) is 6. The van der Waals surface area contributed by atoms with E-state index in [0.717, 1.165) is 32.7 Å². The van der Waals surface area contributed by atoms with Crippen LogP contribution in [0.2, 0.25) is 0 Å². The lowest BCUT2D eigenvalue weighted by Crippen LogP contribution is -1.88. The maximum atomic E-state index is 13.9. The molecule has 0 unspecified atom stereocenters. The smallest absolute Gasteiger partial charge is 0.165 e. The van der Waals surface area contributed by atoms with E-state index in [4.69, 9.17) is 9.47 Å². The third kappa shape index (κ3) is 3.56. The Kier molecular flexibility index (Phi) is 4.87. The quantitative estimate of drug-likeness (QED) is 0.429. The Labute approximate surface area is 163 Å². The summed E-state index contributed by atoms with van der Waals surface area (Å²) in [6.45, 7) is 0. The summed E-state index contributed by atoms with van der Waals surface area (Å²) in [4.78, 5) is 9.31. The van der Waals surface area contributed by atoms with Gasteiger partial charge in [-0.2, -0.15) is 0 Å². The maximum Gasteiger partial charge on any atom is 0.165 e. The van der Waals surface area contributed by atoms with Gasteiger partial charge in [-0.25, -0.2) is 14.4 Å². The Morgan fingerprint density at radius 3 is 1.93 bits per heavy atom. The van der Waals surface area contributed by atoms with Crippen LogP contribution in [0, 0.1) is 5.82 Å². The molecule has 0 saturated heterocycles. The topological polar surface area (TPSA) is 44.2 Å². The summed E-state index contributed by atoms with van der Waals surface area (Å²) in [7, 11) is 3.09. The molecule has 2 aromatic carbocycles. The van der Waals surface area contributed by atoms with Crippen LogP contribution in [-0.2, 0) is 0 Å². The van der Waals surface area contributed by atoms with Crippen molar-refractivity contribution in [3.8, 4) is 44.0 Å². The number of halogens is 1. The average Bonchev–Trinajstić information content (AvgIpc) is 3.37. The van der Waals surface area contributed by atoms with E-state index >= 15 is 0 Å². The number of benzene rings is 2. The molecule has 0 radical (unpaired) electrons. The average molecular weight is 398 g/mol. The van der Waals surface area contributed by atoms with Gasteiger partial charge in [0, 0.05) is 21.9 Å². The Balaban J connectivity index is 1.60. The van der Waals surface area contributed by atoms with Crippen molar-refractivity contribution < 1.29 is 13.9 Å². The molecule has 0 aliphatic heterocycles. The fourth-order valence-corrected chi connectivity index (χ4v) is 4.30. The van der Waals surface area contributed by atoms with Crippen molar-refractivity contribution in [3.05, 3.63) is 59.0 Å². The van der Waals surface area contributed by atoms with Crippen LogP contribution in [0.15, 0.2) is 53.2 Å². The van der Waals surface area contributed by atoms with E-state index in [9.17, 15) is 4.39 Å². The lowest BCUT2D eigenvalue weighted by molar-refractivity contribution is 0.386. The summed E-state index contributed by atoms with van der Waals surface area (Å²) >= 11 is 3.03. The van der Waals surface area contributed by atoms with Crippen LogP contribution in [0.25, 0.3) is 32.5 Å². The number of hydrogen-bond donors (Lipinski definition) is 0. The molecule has 27 heavy (non-hydrogen) atoms. The van der Waals surface area contributed by atoms with Gasteiger partial charge >= 0.3 is 0 Å². The maximum absolute atomic E-state index is 13.9. The first-order chi connectivity index (χ1) is 13.2. The van der Waals surface area contributed by atoms with Crippen molar-refractivity contribution in [2.45, 2.75) is 0 Å². The molecule has 0 fully saturated rings. The Hall–Kier alpha value is -2.77. The van der Waals surface area contributed by atoms with Gasteiger partial charge in [-0.15, -0.1) is 22.7 Å². The molecule has 136 valence electrons. The van der Waals surface area contributed by atoms with Crippen molar-refractivity contribution in [2.75, 3.05) is 14.2 Å². The lowest BCUT2D eigenvalue weighted by Gasteiger charge is -2.02. The monoisotopic (exact) mass is 398 g/mol. The number of rotatable bonds is 5. The van der Waals surface area contributed by atoms with Crippen LogP contribution in [-0.4, -0.2) is 24.2 Å². The van der Waals surface area contributed by atoms with Gasteiger partial charge in [0.05, 0.1) is 25.6 Å². The highest BCUT2D eigenvalue weighted by molar-refractivity contribution is 7.20. The van der Waals surface area contributed by atoms with Gasteiger partial charge in [0.2, 0.25) is 0 Å². The SMILES string of the molecule is COc1ccc(-c2csc(-c3nc(-c4ccc(OC)c(F)c4)cs3)n2)cc1. The standard InChI is InChI=1S/C20H15FN2O2S2/c1-24-14-6-3-12(4-7-14)16-10-26-19(22-16)20-23-17(11-27-20)13-5-8-18(25-2)15(21)9-13/h3-11H,1-2H3. The minimum atomic E-state index is -0.402. The molecule has 4 nitrogen and oxygen atoms in total. The highest BCUT2D eigenvalue weighted by atomic mass is 32.1. The first-order valence-corrected chi connectivity index (χ1v) is 9.83. The third-order valence-electron chi connectivity index (χ3n) is 4.02. The number of nitrogens with zero attached hydrogens (tertiary/aromatic N) is 2. The van der Waals surface area contributed by atoms with E-state index in [1.165, 1.54) is 35.8 Å². The fraction of sp³-hybridized carbons (Fsp3) is 0.100. The Bertz CT molecular complexity index is 1070. The zero-order chi connectivity index (χ0) is 18.8. The number of ether oxygens (including phenoxy) is 2. The third-order valence-corrected chi connectivity index (χ3v) is 5.85. The van der Waals surface area contributed by atoms with Crippen molar-refractivity contribution in [1.29, 1.82) is 0 Å². The van der Waals surface area contributed by atoms with Crippen LogP contribution < -0.4 is 9.47 Å². The predicted octanol–water partition coefficient (Wildman–Crippen LogP) is 5.76. The second kappa shape index (κ2) is 7.46. The largest absolute Gasteiger partial charge is 0.497 e. The first kappa shape index (κ1) is 17.6. The molecule has 0 aliphatic carbocycles. The number of thiazole rings is 2. The van der Waals surface area contributed by atoms with E-state index < -0.39 is 5.82 Å². The van der Waals surface area contributed by atoms with Crippen molar-refractivity contribution >= 4 is 22.7 Å². The minimum absolute atomic E-state index is 0.221. The molecule has 4 aromatic rings. The summed E-state index contributed by atoms with van der Waals surface area (Å²) in [6.07, 6.45) is 0. The summed E-state index contributed by atoms with van der Waals surface area (Å²) in [5, 5.41) is 5.56. The van der Waals surface area contributed by atoms with Crippen molar-refractivity contribution in [1.82, 2.24) is 9.97 Å². The van der Waals surface area contributed by atoms with Gasteiger partial charge in [0.25, 0.3) is 0 Å². The summed E-state index contributed by atoms with van der Waals surface area (Å²) in [5.41, 5.74) is 3.35. The van der Waals surface area contributed by atoms with Gasteiger partial charge in [0.15, 0.2) is 21.6 Å². The molecule has 0 amide bonds. The predicted molar refractivity (Wildman–Crippen MR) is 107 cm³/mol. The van der Waals surface area contributed by atoms with Crippen molar-refractivity contribution in [2.24, 2.45) is 0 Å². The molecule has 2 heterocycles. The number of aromatic nitrogens is 2. The first-order valence-electron chi connectivity index (χ1n) is 8.07. The van der Waals surface area contributed by atoms with Crippen LogP contribution >= 0.6 is 22.7 Å². The summed E-state index contributed by atoms with van der Waals surface area (Å²) in [6, 6.07) is 12.6. The van der Waals surface area contributed by atoms with Crippen LogP contribution in [0.1, 0.15) is 0 Å². The fourth-order valence-electron chi connectivity index (χ4n) is 2.60. The van der Waals surface area contributed by atoms with Gasteiger partial charge in [-0.3, -0.25) is 0 Å². The highest BCUT2D eigenvalue weighted by Gasteiger charge is 2.13. The van der Waals surface area contributed by atoms with E-state index in [2.05, 4.69) is 9.97 Å². The second-order valence-electron chi connectivity index (χ2n) is 5.65. The van der Waals surface area contributed by atoms with Gasteiger partial charge < -0.3 is 9.47 Å². The van der Waals surface area contributed by atoms with Crippen LogP contribution in [0.5, 0.6) is 11.5 Å². The zero-order valence-electron chi connectivity index (χ0n) is 14.6. The molecule has 0 atom stereocenters. The zero-order valence-corrected chi connectivity index (χ0v) is 16.2. The molecule has 2 aromatic heterocycles. The summed E-state index contributed by atoms with van der Waals surface area (Å²) in [5.74, 6) is 0.629. The molecular formula is C20H15FN2O2S2. The molecule has 0 saturated carbocycles. The molecule has 7 heteroatoms. The van der Waals surface area contributed by atoms with E-state index in [1.807, 2.05) is 35.0 Å². The summed E-state index contributed by atoms with van der Waals surface area (Å²) < 4.78 is 24.1. The molecular weight excluding hydrogens is 383 g/mol. The van der Waals surface area contributed by atoms with E-state index in [-0.39, 0.29) is 5.75 Å². The number of methoxy groups -OCH3 is 2. The van der Waals surface area contributed by atoms with Gasteiger partial charge in [-0.1, -0.05) is 0 Å². The molecule has 0 N–H and O–H groups in total. The highest BCUT2D eigenvalue weighted by Crippen LogP contribution is 2.34. The van der Waals surface area contributed by atoms with Crippen LogP contribution in [0.4, 0.5) is 4.39 Å². The molecule has 0 bridgehead atoms. The van der Waals surface area contributed by atoms with Crippen molar-refractivity contribution in [3.63, 3.8) is 0 Å². The van der Waals surface area contributed by atoms with Gasteiger partial charge in [0.1, 0.15) is 5.75 Å². The lowest BCUT2D eigenvalue weighted by atomic mass is 10.1. The second-order valence-corrected chi connectivity index (χ2v) is 7.37. The van der Waals surface area contributed by atoms with Crippen LogP contribution in [0.3, 0.4) is 0 Å². The van der Waals surface area contributed by atoms with Gasteiger partial charge in [-0.05, 0) is 42.5 Å². The Morgan fingerprint density at radius 1 is 0.778 bits per heavy atom.